The van der Waals surface area contributed by atoms with Gasteiger partial charge in [0.15, 0.2) is 0 Å². The van der Waals surface area contributed by atoms with Crippen molar-refractivity contribution in [3.63, 3.8) is 0 Å². The monoisotopic (exact) mass is 565 g/mol. The number of nitrogens with zero attached hydrogens (tertiary/aromatic N) is 2. The van der Waals surface area contributed by atoms with Crippen molar-refractivity contribution < 1.29 is 22.7 Å². The van der Waals surface area contributed by atoms with Crippen LogP contribution in [0.25, 0.3) is 0 Å². The van der Waals surface area contributed by atoms with Crippen LogP contribution < -0.4 is 14.4 Å². The smallest absolute Gasteiger partial charge is 0.264 e. The fourth-order valence-corrected chi connectivity index (χ4v) is 5.60. The highest BCUT2D eigenvalue weighted by atomic mass is 32.2. The van der Waals surface area contributed by atoms with E-state index in [1.807, 2.05) is 65.0 Å². The van der Waals surface area contributed by atoms with Crippen molar-refractivity contribution in [1.82, 2.24) is 10.2 Å². The Kier molecular flexibility index (Phi) is 9.63. The van der Waals surface area contributed by atoms with Crippen LogP contribution in [0.5, 0.6) is 5.75 Å². The van der Waals surface area contributed by atoms with Crippen LogP contribution in [0.4, 0.5) is 5.69 Å². The minimum Gasteiger partial charge on any atom is -0.495 e. The second kappa shape index (κ2) is 12.6. The number of ether oxygens (including phenoxy) is 1. The Morgan fingerprint density at radius 1 is 0.925 bits per heavy atom. The molecule has 8 nitrogen and oxygen atoms in total. The van der Waals surface area contributed by atoms with Gasteiger partial charge in [-0.25, -0.2) is 8.42 Å². The van der Waals surface area contributed by atoms with Gasteiger partial charge in [-0.15, -0.1) is 0 Å². The zero-order valence-electron chi connectivity index (χ0n) is 24.3. The van der Waals surface area contributed by atoms with Crippen molar-refractivity contribution in [2.75, 3.05) is 18.0 Å². The van der Waals surface area contributed by atoms with Gasteiger partial charge in [-0.05, 0) is 76.9 Å². The van der Waals surface area contributed by atoms with Crippen LogP contribution in [0.15, 0.2) is 77.7 Å². The van der Waals surface area contributed by atoms with E-state index in [9.17, 15) is 18.0 Å². The van der Waals surface area contributed by atoms with Gasteiger partial charge in [0.1, 0.15) is 18.3 Å². The molecule has 0 aliphatic carbocycles. The van der Waals surface area contributed by atoms with Gasteiger partial charge in [-0.1, -0.05) is 54.1 Å². The summed E-state index contributed by atoms with van der Waals surface area (Å²) in [6, 6.07) is 20.0. The first kappa shape index (κ1) is 30.7. The van der Waals surface area contributed by atoms with Crippen LogP contribution in [-0.2, 0) is 26.2 Å². The van der Waals surface area contributed by atoms with E-state index in [0.717, 1.165) is 21.0 Å². The fraction of sp³-hybridized carbons (Fsp3) is 0.355. The molecule has 0 aliphatic heterocycles. The quantitative estimate of drug-likeness (QED) is 0.380. The number of methoxy groups -OCH3 is 1. The Balaban J connectivity index is 2.10. The first-order valence-electron chi connectivity index (χ1n) is 13.1. The number of aryl methyl sites for hydroxylation is 2. The van der Waals surface area contributed by atoms with Gasteiger partial charge in [0.2, 0.25) is 11.8 Å². The molecule has 0 radical (unpaired) electrons. The summed E-state index contributed by atoms with van der Waals surface area (Å²) in [6.45, 7) is 10.5. The van der Waals surface area contributed by atoms with Crippen molar-refractivity contribution in [3.05, 3.63) is 89.5 Å². The third-order valence-electron chi connectivity index (χ3n) is 6.35. The lowest BCUT2D eigenvalue weighted by atomic mass is 10.1. The molecule has 3 aromatic carbocycles. The third-order valence-corrected chi connectivity index (χ3v) is 8.13. The molecule has 1 N–H and O–H groups in total. The maximum absolute atomic E-state index is 14.1. The molecule has 0 saturated carbocycles. The van der Waals surface area contributed by atoms with Crippen molar-refractivity contribution in [1.29, 1.82) is 0 Å². The summed E-state index contributed by atoms with van der Waals surface area (Å²) in [5.74, 6) is -0.556. The number of hydrogen-bond acceptors (Lipinski definition) is 5. The van der Waals surface area contributed by atoms with Gasteiger partial charge in [0, 0.05) is 12.1 Å². The number of sulfonamides is 1. The minimum atomic E-state index is -4.19. The standard InChI is InChI=1S/C31H39N3O5S/c1-22-13-16-26(17-14-22)40(37,38)34(27-19-23(2)15-18-28(27)39-7)21-29(35)33(20-25-11-9-8-10-12-25)24(3)30(36)32-31(4,5)6/h8-19,24H,20-21H2,1-7H3,(H,32,36). The molecular formula is C31H39N3O5S. The molecule has 0 fully saturated rings. The maximum atomic E-state index is 14.1. The van der Waals surface area contributed by atoms with E-state index in [0.29, 0.717) is 5.75 Å². The number of carbonyl (C=O) groups is 2. The van der Waals surface area contributed by atoms with Crippen molar-refractivity contribution in [2.45, 2.75) is 64.6 Å². The molecule has 0 aromatic heterocycles. The molecule has 0 aliphatic rings. The van der Waals surface area contributed by atoms with Crippen LogP contribution in [0.3, 0.4) is 0 Å². The number of nitrogens with one attached hydrogen (secondary N) is 1. The van der Waals surface area contributed by atoms with E-state index < -0.39 is 34.1 Å². The molecule has 1 atom stereocenters. The third kappa shape index (κ3) is 7.63. The lowest BCUT2D eigenvalue weighted by molar-refractivity contribution is -0.140. The molecule has 3 rings (SSSR count). The highest BCUT2D eigenvalue weighted by molar-refractivity contribution is 7.92. The topological polar surface area (TPSA) is 96.0 Å². The van der Waals surface area contributed by atoms with Crippen LogP contribution in [-0.4, -0.2) is 50.4 Å². The summed E-state index contributed by atoms with van der Waals surface area (Å²) in [7, 11) is -2.74. The van der Waals surface area contributed by atoms with Crippen LogP contribution in [0, 0.1) is 13.8 Å². The van der Waals surface area contributed by atoms with E-state index >= 15 is 0 Å². The molecule has 0 bridgehead atoms. The molecule has 0 saturated heterocycles. The molecule has 2 amide bonds. The predicted octanol–water partition coefficient (Wildman–Crippen LogP) is 4.84. The Bertz CT molecular complexity index is 1430. The highest BCUT2D eigenvalue weighted by Crippen LogP contribution is 2.34. The zero-order valence-corrected chi connectivity index (χ0v) is 25.1. The normalized spacial score (nSPS) is 12.4. The van der Waals surface area contributed by atoms with Crippen molar-refractivity contribution >= 4 is 27.5 Å². The number of anilines is 1. The SMILES string of the molecule is COc1ccc(C)cc1N(CC(=O)N(Cc1ccccc1)C(C)C(=O)NC(C)(C)C)S(=O)(=O)c1ccc(C)cc1. The first-order chi connectivity index (χ1) is 18.7. The maximum Gasteiger partial charge on any atom is 0.264 e. The zero-order chi connectivity index (χ0) is 29.7. The summed E-state index contributed by atoms with van der Waals surface area (Å²) in [5, 5.41) is 2.93. The molecule has 3 aromatic rings. The average Bonchev–Trinajstić information content (AvgIpc) is 2.89. The van der Waals surface area contributed by atoms with Crippen LogP contribution >= 0.6 is 0 Å². The summed E-state index contributed by atoms with van der Waals surface area (Å²) in [6.07, 6.45) is 0. The number of rotatable bonds is 10. The number of benzene rings is 3. The highest BCUT2D eigenvalue weighted by Gasteiger charge is 2.34. The summed E-state index contributed by atoms with van der Waals surface area (Å²) < 4.78 is 34.7. The Morgan fingerprint density at radius 2 is 1.52 bits per heavy atom. The lowest BCUT2D eigenvalue weighted by Crippen LogP contribution is -2.54. The van der Waals surface area contributed by atoms with Gasteiger partial charge in [-0.2, -0.15) is 0 Å². The Morgan fingerprint density at radius 3 is 2.10 bits per heavy atom. The molecule has 9 heteroatoms. The van der Waals surface area contributed by atoms with Gasteiger partial charge >= 0.3 is 0 Å². The molecule has 0 heterocycles. The summed E-state index contributed by atoms with van der Waals surface area (Å²) >= 11 is 0. The number of carbonyl (C=O) groups excluding carboxylic acids is 2. The largest absolute Gasteiger partial charge is 0.495 e. The van der Waals surface area contributed by atoms with E-state index in [1.54, 1.807) is 37.3 Å². The van der Waals surface area contributed by atoms with Gasteiger partial charge in [0.25, 0.3) is 10.0 Å². The lowest BCUT2D eigenvalue weighted by Gasteiger charge is -2.33. The first-order valence-corrected chi connectivity index (χ1v) is 14.6. The average molecular weight is 566 g/mol. The fourth-order valence-electron chi connectivity index (χ4n) is 4.18. The second-order valence-corrected chi connectivity index (χ2v) is 12.8. The van der Waals surface area contributed by atoms with E-state index in [-0.39, 0.29) is 23.0 Å². The van der Waals surface area contributed by atoms with Crippen LogP contribution in [0.1, 0.15) is 44.4 Å². The second-order valence-electron chi connectivity index (χ2n) is 10.9. The summed E-state index contributed by atoms with van der Waals surface area (Å²) in [5.41, 5.74) is 2.24. The Hall–Kier alpha value is -3.85. The van der Waals surface area contributed by atoms with E-state index in [2.05, 4.69) is 5.32 Å². The van der Waals surface area contributed by atoms with E-state index in [4.69, 9.17) is 4.74 Å². The minimum absolute atomic E-state index is 0.0441. The van der Waals surface area contributed by atoms with Crippen molar-refractivity contribution in [2.24, 2.45) is 0 Å². The van der Waals surface area contributed by atoms with Crippen LogP contribution in [0.2, 0.25) is 0 Å². The predicted molar refractivity (Wildman–Crippen MR) is 158 cm³/mol. The molecule has 0 spiro atoms. The summed E-state index contributed by atoms with van der Waals surface area (Å²) in [4.78, 5) is 28.7. The van der Waals surface area contributed by atoms with Gasteiger partial charge in [-0.3, -0.25) is 13.9 Å². The molecule has 40 heavy (non-hydrogen) atoms. The number of amides is 2. The molecule has 1 unspecified atom stereocenters. The van der Waals surface area contributed by atoms with Gasteiger partial charge < -0.3 is 15.0 Å². The molecule has 214 valence electrons. The van der Waals surface area contributed by atoms with E-state index in [1.165, 1.54) is 24.1 Å². The number of hydrogen-bond donors (Lipinski definition) is 1. The molecular weight excluding hydrogens is 526 g/mol. The Labute approximate surface area is 238 Å². The van der Waals surface area contributed by atoms with Gasteiger partial charge in [0.05, 0.1) is 17.7 Å². The van der Waals surface area contributed by atoms with Crippen molar-refractivity contribution in [3.8, 4) is 5.75 Å².